The Kier molecular flexibility index (Phi) is 3.45. The van der Waals surface area contributed by atoms with Crippen molar-refractivity contribution in [2.24, 2.45) is 5.73 Å². The highest BCUT2D eigenvalue weighted by atomic mass is 19.1. The highest BCUT2D eigenvalue weighted by Crippen LogP contribution is 2.38. The second-order valence-corrected chi connectivity index (χ2v) is 4.91. The highest BCUT2D eigenvalue weighted by molar-refractivity contribution is 5.30. The summed E-state index contributed by atoms with van der Waals surface area (Å²) in [6.07, 6.45) is 1.50. The van der Waals surface area contributed by atoms with Gasteiger partial charge in [-0.25, -0.2) is 8.78 Å². The van der Waals surface area contributed by atoms with Crippen molar-refractivity contribution >= 4 is 0 Å². The molecule has 0 aliphatic carbocycles. The Morgan fingerprint density at radius 2 is 2.12 bits per heavy atom. The van der Waals surface area contributed by atoms with Crippen molar-refractivity contribution in [3.63, 3.8) is 0 Å². The lowest BCUT2D eigenvalue weighted by Gasteiger charge is -2.42. The van der Waals surface area contributed by atoms with Crippen LogP contribution < -0.4 is 5.73 Å². The molecule has 1 aliphatic rings. The quantitative estimate of drug-likeness (QED) is 0.878. The van der Waals surface area contributed by atoms with Gasteiger partial charge in [0.2, 0.25) is 0 Å². The summed E-state index contributed by atoms with van der Waals surface area (Å²) < 4.78 is 32.2. The van der Waals surface area contributed by atoms with Crippen LogP contribution in [0.2, 0.25) is 0 Å². The monoisotopic (exact) mass is 241 g/mol. The molecule has 2 N–H and O–H groups in total. The van der Waals surface area contributed by atoms with Crippen LogP contribution in [0.15, 0.2) is 18.2 Å². The van der Waals surface area contributed by atoms with E-state index in [1.54, 1.807) is 0 Å². The molecule has 2 rings (SSSR count). The van der Waals surface area contributed by atoms with Gasteiger partial charge in [-0.15, -0.1) is 0 Å². The van der Waals surface area contributed by atoms with Crippen molar-refractivity contribution in [2.75, 3.05) is 13.2 Å². The first-order valence-corrected chi connectivity index (χ1v) is 5.82. The normalized spacial score (nSPS) is 19.8. The number of benzene rings is 1. The van der Waals surface area contributed by atoms with Crippen LogP contribution in [0.4, 0.5) is 8.78 Å². The molecule has 1 fully saturated rings. The van der Waals surface area contributed by atoms with Crippen LogP contribution in [-0.4, -0.2) is 19.3 Å². The summed E-state index contributed by atoms with van der Waals surface area (Å²) in [6.45, 7) is 2.80. The van der Waals surface area contributed by atoms with Crippen molar-refractivity contribution in [2.45, 2.75) is 31.2 Å². The Morgan fingerprint density at radius 3 is 2.65 bits per heavy atom. The molecule has 1 aliphatic heterocycles. The van der Waals surface area contributed by atoms with Gasteiger partial charge in [-0.3, -0.25) is 0 Å². The molecule has 2 nitrogen and oxygen atoms in total. The maximum absolute atomic E-state index is 13.8. The van der Waals surface area contributed by atoms with Gasteiger partial charge in [-0.05, 0) is 38.0 Å². The zero-order chi connectivity index (χ0) is 12.5. The molecule has 0 amide bonds. The van der Waals surface area contributed by atoms with E-state index in [-0.39, 0.29) is 17.3 Å². The summed E-state index contributed by atoms with van der Waals surface area (Å²) in [6, 6.07) is 3.65. The largest absolute Gasteiger partial charge is 0.379 e. The molecular weight excluding hydrogens is 224 g/mol. The van der Waals surface area contributed by atoms with Crippen molar-refractivity contribution < 1.29 is 13.5 Å². The zero-order valence-corrected chi connectivity index (χ0v) is 9.88. The second kappa shape index (κ2) is 4.70. The number of ether oxygens (including phenoxy) is 1. The number of halogens is 2. The lowest BCUT2D eigenvalue weighted by atomic mass is 9.74. The molecule has 1 unspecified atom stereocenters. The first kappa shape index (κ1) is 12.5. The average molecular weight is 241 g/mol. The summed E-state index contributed by atoms with van der Waals surface area (Å²) >= 11 is 0. The lowest BCUT2D eigenvalue weighted by molar-refractivity contribution is -0.0673. The molecule has 94 valence electrons. The molecule has 17 heavy (non-hydrogen) atoms. The molecule has 0 saturated carbocycles. The molecular formula is C13H17F2NO. The number of hydrogen-bond donors (Lipinski definition) is 1. The van der Waals surface area contributed by atoms with Gasteiger partial charge in [0.15, 0.2) is 0 Å². The van der Waals surface area contributed by atoms with Gasteiger partial charge >= 0.3 is 0 Å². The second-order valence-electron chi connectivity index (χ2n) is 4.91. The number of rotatable bonds is 4. The number of nitrogens with two attached hydrogens (primary N) is 1. The van der Waals surface area contributed by atoms with E-state index in [9.17, 15) is 8.78 Å². The van der Waals surface area contributed by atoms with Crippen molar-refractivity contribution in [3.05, 3.63) is 35.4 Å². The predicted octanol–water partition coefficient (Wildman–Crippen LogP) is 2.36. The minimum absolute atomic E-state index is 0.0593. The molecule has 1 saturated heterocycles. The summed E-state index contributed by atoms with van der Waals surface area (Å²) in [5, 5.41) is 0. The van der Waals surface area contributed by atoms with E-state index in [2.05, 4.69) is 0 Å². The van der Waals surface area contributed by atoms with E-state index in [0.29, 0.717) is 18.8 Å². The van der Waals surface area contributed by atoms with Crippen LogP contribution in [-0.2, 0) is 10.2 Å². The molecule has 0 spiro atoms. The standard InChI is InChI=1S/C13H17F2NO/c1-9(16)4-5-13(7-17-8-13)11-6-10(14)2-3-12(11)15/h2-3,6,9H,4-5,7-8,16H2,1H3. The lowest BCUT2D eigenvalue weighted by Crippen LogP contribution is -2.48. The van der Waals surface area contributed by atoms with Crippen LogP contribution in [0.1, 0.15) is 25.3 Å². The first-order valence-electron chi connectivity index (χ1n) is 5.82. The fourth-order valence-corrected chi connectivity index (χ4v) is 2.19. The Balaban J connectivity index is 2.24. The Labute approximate surface area is 99.8 Å². The van der Waals surface area contributed by atoms with E-state index >= 15 is 0 Å². The van der Waals surface area contributed by atoms with Crippen molar-refractivity contribution in [1.82, 2.24) is 0 Å². The smallest absolute Gasteiger partial charge is 0.127 e. The third-order valence-corrected chi connectivity index (χ3v) is 3.33. The molecule has 4 heteroatoms. The highest BCUT2D eigenvalue weighted by Gasteiger charge is 2.42. The van der Waals surface area contributed by atoms with Gasteiger partial charge in [0.1, 0.15) is 11.6 Å². The number of hydrogen-bond acceptors (Lipinski definition) is 2. The van der Waals surface area contributed by atoms with E-state index in [1.165, 1.54) is 12.1 Å². The summed E-state index contributed by atoms with van der Waals surface area (Å²) in [4.78, 5) is 0. The van der Waals surface area contributed by atoms with Crippen LogP contribution >= 0.6 is 0 Å². The summed E-state index contributed by atoms with van der Waals surface area (Å²) in [7, 11) is 0. The summed E-state index contributed by atoms with van der Waals surface area (Å²) in [5.41, 5.74) is 5.75. The van der Waals surface area contributed by atoms with Crippen molar-refractivity contribution in [1.29, 1.82) is 0 Å². The van der Waals surface area contributed by atoms with Gasteiger partial charge in [-0.1, -0.05) is 0 Å². The van der Waals surface area contributed by atoms with E-state index in [1.807, 2.05) is 6.92 Å². The zero-order valence-electron chi connectivity index (χ0n) is 9.88. The van der Waals surface area contributed by atoms with E-state index < -0.39 is 5.82 Å². The SMILES string of the molecule is CC(N)CCC1(c2cc(F)ccc2F)COC1. The molecule has 0 bridgehead atoms. The maximum Gasteiger partial charge on any atom is 0.127 e. The fraction of sp³-hybridized carbons (Fsp3) is 0.538. The molecule has 1 atom stereocenters. The third kappa shape index (κ3) is 2.48. The van der Waals surface area contributed by atoms with E-state index in [0.717, 1.165) is 18.9 Å². The van der Waals surface area contributed by atoms with Gasteiger partial charge in [0, 0.05) is 17.0 Å². The molecule has 1 aromatic rings. The van der Waals surface area contributed by atoms with Crippen LogP contribution in [0.5, 0.6) is 0 Å². The minimum atomic E-state index is -0.409. The molecule has 0 radical (unpaired) electrons. The predicted molar refractivity (Wildman–Crippen MR) is 61.7 cm³/mol. The fourth-order valence-electron chi connectivity index (χ4n) is 2.19. The van der Waals surface area contributed by atoms with Gasteiger partial charge in [-0.2, -0.15) is 0 Å². The topological polar surface area (TPSA) is 35.2 Å². The Bertz CT molecular complexity index is 402. The van der Waals surface area contributed by atoms with Gasteiger partial charge in [0.05, 0.1) is 13.2 Å². The van der Waals surface area contributed by atoms with Gasteiger partial charge in [0.25, 0.3) is 0 Å². The van der Waals surface area contributed by atoms with Gasteiger partial charge < -0.3 is 10.5 Å². The maximum atomic E-state index is 13.8. The molecule has 0 aromatic heterocycles. The van der Waals surface area contributed by atoms with E-state index in [4.69, 9.17) is 10.5 Å². The first-order chi connectivity index (χ1) is 8.03. The van der Waals surface area contributed by atoms with Crippen LogP contribution in [0.25, 0.3) is 0 Å². The summed E-state index contributed by atoms with van der Waals surface area (Å²) in [5.74, 6) is -0.771. The molecule has 1 heterocycles. The Hall–Kier alpha value is -1.00. The van der Waals surface area contributed by atoms with Crippen LogP contribution in [0.3, 0.4) is 0 Å². The third-order valence-electron chi connectivity index (χ3n) is 3.33. The van der Waals surface area contributed by atoms with Crippen LogP contribution in [0, 0.1) is 11.6 Å². The Morgan fingerprint density at radius 1 is 1.41 bits per heavy atom. The minimum Gasteiger partial charge on any atom is -0.379 e. The molecule has 1 aromatic carbocycles. The average Bonchev–Trinajstić information content (AvgIpc) is 2.21. The van der Waals surface area contributed by atoms with Crippen molar-refractivity contribution in [3.8, 4) is 0 Å².